The molecule has 252 valence electrons. The molecule has 0 saturated heterocycles. The van der Waals surface area contributed by atoms with Gasteiger partial charge in [-0.1, -0.05) is 94.6 Å². The molecule has 1 N–H and O–H groups in total. The number of allylic oxidation sites excluding steroid dienone is 7. The van der Waals surface area contributed by atoms with E-state index < -0.39 is 24.1 Å². The Hall–Kier alpha value is -2.71. The van der Waals surface area contributed by atoms with E-state index in [9.17, 15) is 19.5 Å². The molecule has 0 aliphatic rings. The molecule has 8 heteroatoms. The molecule has 8 nitrogen and oxygen atoms in total. The van der Waals surface area contributed by atoms with E-state index in [0.717, 1.165) is 51.4 Å². The van der Waals surface area contributed by atoms with Crippen molar-refractivity contribution in [2.75, 3.05) is 41.0 Å². The molecule has 0 aromatic heterocycles. The van der Waals surface area contributed by atoms with Crippen LogP contribution in [0.15, 0.2) is 48.6 Å². The zero-order chi connectivity index (χ0) is 32.9. The van der Waals surface area contributed by atoms with E-state index in [-0.39, 0.29) is 36.7 Å². The Labute approximate surface area is 267 Å². The molecule has 2 atom stereocenters. The molecular weight excluding hydrogens is 558 g/mol. The van der Waals surface area contributed by atoms with Crippen molar-refractivity contribution in [3.63, 3.8) is 0 Å². The van der Waals surface area contributed by atoms with Gasteiger partial charge < -0.3 is 23.8 Å². The number of aliphatic carboxylic acids is 1. The van der Waals surface area contributed by atoms with E-state index in [2.05, 4.69) is 44.2 Å². The number of hydrogen-bond donors (Lipinski definition) is 1. The second-order valence-corrected chi connectivity index (χ2v) is 12.0. The molecule has 0 bridgehead atoms. The molecule has 0 fully saturated rings. The van der Waals surface area contributed by atoms with Crippen molar-refractivity contribution in [3.05, 3.63) is 48.6 Å². The van der Waals surface area contributed by atoms with Gasteiger partial charge >= 0.3 is 17.9 Å². The highest BCUT2D eigenvalue weighted by atomic mass is 16.6. The zero-order valence-corrected chi connectivity index (χ0v) is 28.3. The fourth-order valence-electron chi connectivity index (χ4n) is 4.37. The number of quaternary nitrogens is 1. The predicted molar refractivity (Wildman–Crippen MR) is 178 cm³/mol. The van der Waals surface area contributed by atoms with Gasteiger partial charge in [0.15, 0.2) is 12.1 Å². The third-order valence-electron chi connectivity index (χ3n) is 7.00. The number of rotatable bonds is 28. The van der Waals surface area contributed by atoms with Crippen LogP contribution in [0.3, 0.4) is 0 Å². The number of esters is 2. The van der Waals surface area contributed by atoms with E-state index in [1.165, 1.54) is 25.7 Å². The molecule has 0 spiro atoms. The summed E-state index contributed by atoms with van der Waals surface area (Å²) in [5, 5.41) is 9.53. The van der Waals surface area contributed by atoms with E-state index in [0.29, 0.717) is 12.8 Å². The lowest BCUT2D eigenvalue weighted by molar-refractivity contribution is -0.887. The topological polar surface area (TPSA) is 99.1 Å². The lowest BCUT2D eigenvalue weighted by atomic mass is 10.1. The molecule has 0 aliphatic heterocycles. The van der Waals surface area contributed by atoms with Crippen LogP contribution in [-0.4, -0.2) is 80.6 Å². The summed E-state index contributed by atoms with van der Waals surface area (Å²) in [4.78, 5) is 36.4. The van der Waals surface area contributed by atoms with Gasteiger partial charge in [-0.25, -0.2) is 4.79 Å². The Morgan fingerprint density at radius 1 is 0.727 bits per heavy atom. The number of carboxylic acid groups (broad SMARTS) is 1. The molecular formula is C36H62NO7+. The highest BCUT2D eigenvalue weighted by Gasteiger charge is 2.31. The first-order valence-electron chi connectivity index (χ1n) is 16.7. The van der Waals surface area contributed by atoms with Gasteiger partial charge in [0.2, 0.25) is 0 Å². The molecule has 0 saturated carbocycles. The number of carbonyl (C=O) groups is 3. The number of ether oxygens (including phenoxy) is 3. The third-order valence-corrected chi connectivity index (χ3v) is 7.00. The zero-order valence-electron chi connectivity index (χ0n) is 28.3. The first-order chi connectivity index (χ1) is 21.1. The van der Waals surface area contributed by atoms with E-state index in [1.54, 1.807) is 6.08 Å². The Balaban J connectivity index is 4.61. The predicted octanol–water partition coefficient (Wildman–Crippen LogP) is 7.73. The molecule has 0 amide bonds. The van der Waals surface area contributed by atoms with Crippen LogP contribution >= 0.6 is 0 Å². The number of hydrogen-bond acceptors (Lipinski definition) is 6. The van der Waals surface area contributed by atoms with Crippen molar-refractivity contribution < 1.29 is 38.2 Å². The van der Waals surface area contributed by atoms with Gasteiger partial charge in [0.25, 0.3) is 0 Å². The summed E-state index contributed by atoms with van der Waals surface area (Å²) in [7, 11) is 5.47. The van der Waals surface area contributed by atoms with Crippen LogP contribution < -0.4 is 0 Å². The number of nitrogens with zero attached hydrogens (tertiary/aromatic N) is 1. The molecule has 44 heavy (non-hydrogen) atoms. The fourth-order valence-corrected chi connectivity index (χ4v) is 4.37. The average Bonchev–Trinajstić information content (AvgIpc) is 2.96. The lowest BCUT2D eigenvalue weighted by Gasteiger charge is -2.31. The molecule has 0 aromatic carbocycles. The van der Waals surface area contributed by atoms with Crippen LogP contribution in [0.5, 0.6) is 0 Å². The highest BCUT2D eigenvalue weighted by molar-refractivity contribution is 5.72. The first kappa shape index (κ1) is 41.3. The fraction of sp³-hybridized carbons (Fsp3) is 0.694. The van der Waals surface area contributed by atoms with Gasteiger partial charge in [-0.15, -0.1) is 0 Å². The van der Waals surface area contributed by atoms with E-state index in [4.69, 9.17) is 14.2 Å². The molecule has 0 aromatic rings. The molecule has 0 radical (unpaired) electrons. The van der Waals surface area contributed by atoms with Gasteiger partial charge in [-0.2, -0.15) is 0 Å². The summed E-state index contributed by atoms with van der Waals surface area (Å²) in [5.41, 5.74) is 0. The maximum atomic E-state index is 12.5. The minimum absolute atomic E-state index is 0.0210. The molecule has 0 heterocycles. The van der Waals surface area contributed by atoms with Crippen LogP contribution in [0, 0.1) is 0 Å². The van der Waals surface area contributed by atoms with Gasteiger partial charge in [0, 0.05) is 12.8 Å². The lowest BCUT2D eigenvalue weighted by Crippen LogP contribution is -2.50. The van der Waals surface area contributed by atoms with Crippen molar-refractivity contribution >= 4 is 17.9 Å². The smallest absolute Gasteiger partial charge is 0.362 e. The SMILES string of the molecule is CC/C=C/C/C=C/C/C=C/CC(=O)OC(COCCC(C(=O)O)[N+](C)(C)C)COC(=O)CCCCCCC/C=C/CCCC. The summed E-state index contributed by atoms with van der Waals surface area (Å²) in [6.45, 7) is 4.41. The second kappa shape index (κ2) is 27.8. The van der Waals surface area contributed by atoms with Gasteiger partial charge in [-0.3, -0.25) is 9.59 Å². The van der Waals surface area contributed by atoms with Crippen LogP contribution in [0.4, 0.5) is 0 Å². The number of carboxylic acids is 1. The Kier molecular flexibility index (Phi) is 26.1. The summed E-state index contributed by atoms with van der Waals surface area (Å²) in [5.74, 6) is -1.65. The summed E-state index contributed by atoms with van der Waals surface area (Å²) < 4.78 is 17.0. The summed E-state index contributed by atoms with van der Waals surface area (Å²) in [6, 6.07) is -0.627. The van der Waals surface area contributed by atoms with E-state index in [1.807, 2.05) is 33.3 Å². The number of carbonyl (C=O) groups excluding carboxylic acids is 2. The monoisotopic (exact) mass is 620 g/mol. The minimum atomic E-state index is -0.892. The number of likely N-dealkylation sites (N-methyl/N-ethyl adjacent to an activating group) is 1. The van der Waals surface area contributed by atoms with Gasteiger partial charge in [0.05, 0.1) is 40.8 Å². The van der Waals surface area contributed by atoms with Crippen molar-refractivity contribution in [2.24, 2.45) is 0 Å². The van der Waals surface area contributed by atoms with Crippen molar-refractivity contribution in [2.45, 2.75) is 122 Å². The molecule has 0 rings (SSSR count). The van der Waals surface area contributed by atoms with Crippen molar-refractivity contribution in [1.82, 2.24) is 0 Å². The van der Waals surface area contributed by atoms with Crippen molar-refractivity contribution in [1.29, 1.82) is 0 Å². The highest BCUT2D eigenvalue weighted by Crippen LogP contribution is 2.11. The largest absolute Gasteiger partial charge is 0.477 e. The standard InChI is InChI=1S/C36H61NO7/c1-6-8-10-12-14-16-17-19-20-22-24-26-34(38)43-31-32(30-42-29-28-33(36(40)41)37(3,4)5)44-35(39)27-25-23-21-18-15-13-11-9-7-2/h9,11-12,14-15,18,23,25,32-33H,6-8,10,13,16-17,19-22,24,26-31H2,1-5H3/p+1/b11-9+,14-12+,18-15+,25-23+. The average molecular weight is 621 g/mol. The normalized spacial score (nSPS) is 13.8. The van der Waals surface area contributed by atoms with Crippen LogP contribution in [0.25, 0.3) is 0 Å². The Morgan fingerprint density at radius 2 is 1.34 bits per heavy atom. The second-order valence-electron chi connectivity index (χ2n) is 12.0. The minimum Gasteiger partial charge on any atom is -0.477 e. The van der Waals surface area contributed by atoms with E-state index >= 15 is 0 Å². The van der Waals surface area contributed by atoms with Crippen molar-refractivity contribution in [3.8, 4) is 0 Å². The van der Waals surface area contributed by atoms with Crippen LogP contribution in [0.2, 0.25) is 0 Å². The van der Waals surface area contributed by atoms with Crippen LogP contribution in [-0.2, 0) is 28.6 Å². The summed E-state index contributed by atoms with van der Waals surface area (Å²) >= 11 is 0. The Morgan fingerprint density at radius 3 is 1.98 bits per heavy atom. The Bertz CT molecular complexity index is 870. The van der Waals surface area contributed by atoms with Crippen LogP contribution in [0.1, 0.15) is 110 Å². The van der Waals surface area contributed by atoms with Gasteiger partial charge in [-0.05, 0) is 44.9 Å². The maximum absolute atomic E-state index is 12.5. The third kappa shape index (κ3) is 25.8. The quantitative estimate of drug-likeness (QED) is 0.0413. The maximum Gasteiger partial charge on any atom is 0.362 e. The molecule has 0 aliphatic carbocycles. The number of unbranched alkanes of at least 4 members (excludes halogenated alkanes) is 7. The molecule has 2 unspecified atom stereocenters. The summed E-state index contributed by atoms with van der Waals surface area (Å²) in [6.07, 6.45) is 29.1. The van der Waals surface area contributed by atoms with Gasteiger partial charge in [0.1, 0.15) is 6.61 Å². The first-order valence-corrected chi connectivity index (χ1v) is 16.7.